The van der Waals surface area contributed by atoms with Crippen LogP contribution >= 0.6 is 0 Å². The summed E-state index contributed by atoms with van der Waals surface area (Å²) in [5.41, 5.74) is 0. The minimum absolute atomic E-state index is 0.0781. The molecule has 0 spiro atoms. The van der Waals surface area contributed by atoms with Crippen LogP contribution in [0, 0.1) is 35.5 Å². The second kappa shape index (κ2) is 3.17. The van der Waals surface area contributed by atoms with Crippen molar-refractivity contribution in [2.45, 2.75) is 37.4 Å². The van der Waals surface area contributed by atoms with E-state index in [4.69, 9.17) is 0 Å². The second-order valence-corrected chi connectivity index (χ2v) is 8.79. The Morgan fingerprint density at radius 2 is 1.65 bits per heavy atom. The van der Waals surface area contributed by atoms with Crippen LogP contribution in [0.2, 0.25) is 0 Å². The van der Waals surface area contributed by atoms with Crippen LogP contribution in [0.25, 0.3) is 0 Å². The summed E-state index contributed by atoms with van der Waals surface area (Å²) in [6, 6.07) is 0. The molecule has 4 fully saturated rings. The van der Waals surface area contributed by atoms with Gasteiger partial charge in [0.05, 0.1) is 5.25 Å². The van der Waals surface area contributed by atoms with Crippen molar-refractivity contribution in [3.05, 3.63) is 12.0 Å². The topological polar surface area (TPSA) is 34.1 Å². The van der Waals surface area contributed by atoms with Crippen LogP contribution in [-0.4, -0.2) is 13.7 Å². The number of hydrogen-bond acceptors (Lipinski definition) is 2. The van der Waals surface area contributed by atoms with Crippen molar-refractivity contribution in [1.82, 2.24) is 0 Å². The first-order chi connectivity index (χ1) is 8.12. The van der Waals surface area contributed by atoms with Crippen LogP contribution in [0.4, 0.5) is 0 Å². The predicted octanol–water partition coefficient (Wildman–Crippen LogP) is 2.62. The van der Waals surface area contributed by atoms with Crippen molar-refractivity contribution in [2.24, 2.45) is 35.5 Å². The third-order valence-electron chi connectivity index (χ3n) is 6.33. The SMILES string of the molecule is C=CS(=O)(=O)C1CC2CC1C1C3CCC(C3)C21. The highest BCUT2D eigenvalue weighted by Gasteiger charge is 2.63. The molecule has 4 rings (SSSR count). The van der Waals surface area contributed by atoms with Gasteiger partial charge in [0.2, 0.25) is 0 Å². The molecule has 0 N–H and O–H groups in total. The van der Waals surface area contributed by atoms with Crippen molar-refractivity contribution in [2.75, 3.05) is 0 Å². The van der Waals surface area contributed by atoms with Gasteiger partial charge in [-0.1, -0.05) is 6.58 Å². The molecule has 0 radical (unpaired) electrons. The van der Waals surface area contributed by atoms with Gasteiger partial charge in [0, 0.05) is 5.41 Å². The first kappa shape index (κ1) is 10.6. The molecule has 0 aromatic carbocycles. The molecular formula is C14H20O2S. The Kier molecular flexibility index (Phi) is 1.98. The van der Waals surface area contributed by atoms with E-state index in [1.165, 1.54) is 31.1 Å². The van der Waals surface area contributed by atoms with Gasteiger partial charge in [0.15, 0.2) is 9.84 Å². The quantitative estimate of drug-likeness (QED) is 0.708. The van der Waals surface area contributed by atoms with E-state index in [-0.39, 0.29) is 5.25 Å². The van der Waals surface area contributed by atoms with Gasteiger partial charge >= 0.3 is 0 Å². The molecule has 0 aliphatic heterocycles. The zero-order valence-corrected chi connectivity index (χ0v) is 10.9. The Hall–Kier alpha value is -0.310. The minimum atomic E-state index is -3.02. The zero-order chi connectivity index (χ0) is 11.8. The Labute approximate surface area is 103 Å². The van der Waals surface area contributed by atoms with Crippen molar-refractivity contribution in [3.8, 4) is 0 Å². The molecule has 7 atom stereocenters. The number of hydrogen-bond donors (Lipinski definition) is 0. The summed E-state index contributed by atoms with van der Waals surface area (Å²) >= 11 is 0. The molecule has 0 amide bonds. The van der Waals surface area contributed by atoms with E-state index in [1.54, 1.807) is 0 Å². The highest BCUT2D eigenvalue weighted by Crippen LogP contribution is 2.68. The van der Waals surface area contributed by atoms with E-state index < -0.39 is 9.84 Å². The van der Waals surface area contributed by atoms with Crippen molar-refractivity contribution in [3.63, 3.8) is 0 Å². The lowest BCUT2D eigenvalue weighted by atomic mass is 9.71. The van der Waals surface area contributed by atoms with Crippen molar-refractivity contribution < 1.29 is 8.42 Å². The summed E-state index contributed by atoms with van der Waals surface area (Å²) in [6.07, 6.45) is 6.33. The van der Waals surface area contributed by atoms with E-state index in [1.807, 2.05) is 0 Å². The average molecular weight is 252 g/mol. The van der Waals surface area contributed by atoms with Gasteiger partial charge in [0.1, 0.15) is 0 Å². The molecule has 0 aromatic heterocycles. The zero-order valence-electron chi connectivity index (χ0n) is 10.1. The smallest absolute Gasteiger partial charge is 0.174 e. The first-order valence-electron chi connectivity index (χ1n) is 6.98. The maximum atomic E-state index is 12.1. The Bertz CT molecular complexity index is 467. The molecule has 4 aliphatic rings. The molecule has 2 nitrogen and oxygen atoms in total. The first-order valence-corrected chi connectivity index (χ1v) is 8.59. The van der Waals surface area contributed by atoms with Crippen LogP contribution in [0.3, 0.4) is 0 Å². The van der Waals surface area contributed by atoms with Gasteiger partial charge in [-0.2, -0.15) is 0 Å². The lowest BCUT2D eigenvalue weighted by Crippen LogP contribution is -2.38. The molecule has 7 unspecified atom stereocenters. The van der Waals surface area contributed by atoms with E-state index in [9.17, 15) is 8.42 Å². The summed E-state index contributed by atoms with van der Waals surface area (Å²) in [5, 5.41) is 1.13. The molecule has 4 aliphatic carbocycles. The van der Waals surface area contributed by atoms with E-state index in [0.29, 0.717) is 5.92 Å². The van der Waals surface area contributed by atoms with Crippen LogP contribution < -0.4 is 0 Å². The largest absolute Gasteiger partial charge is 0.224 e. The van der Waals surface area contributed by atoms with Gasteiger partial charge in [-0.05, 0) is 67.6 Å². The molecule has 0 saturated heterocycles. The highest BCUT2D eigenvalue weighted by molar-refractivity contribution is 7.94. The number of fused-ring (bicyclic) bond motifs is 9. The maximum Gasteiger partial charge on any atom is 0.174 e. The molecule has 0 heterocycles. The highest BCUT2D eigenvalue weighted by atomic mass is 32.2. The van der Waals surface area contributed by atoms with Crippen molar-refractivity contribution in [1.29, 1.82) is 0 Å². The third kappa shape index (κ3) is 1.19. The third-order valence-corrected chi connectivity index (χ3v) is 8.18. The van der Waals surface area contributed by atoms with E-state index in [2.05, 4.69) is 6.58 Å². The molecule has 3 heteroatoms. The fourth-order valence-corrected chi connectivity index (χ4v) is 7.55. The van der Waals surface area contributed by atoms with E-state index >= 15 is 0 Å². The summed E-state index contributed by atoms with van der Waals surface area (Å²) in [5.74, 6) is 4.67. The van der Waals surface area contributed by atoms with Crippen LogP contribution in [-0.2, 0) is 9.84 Å². The van der Waals surface area contributed by atoms with Gasteiger partial charge < -0.3 is 0 Å². The van der Waals surface area contributed by atoms with Gasteiger partial charge in [0.25, 0.3) is 0 Å². The molecule has 4 saturated carbocycles. The molecular weight excluding hydrogens is 232 g/mol. The number of rotatable bonds is 2. The lowest BCUT2D eigenvalue weighted by Gasteiger charge is -2.37. The van der Waals surface area contributed by atoms with Crippen LogP contribution in [0.1, 0.15) is 32.1 Å². The normalized spacial score (nSPS) is 55.2. The van der Waals surface area contributed by atoms with Gasteiger partial charge in [-0.25, -0.2) is 8.42 Å². The monoisotopic (exact) mass is 252 g/mol. The van der Waals surface area contributed by atoms with Crippen molar-refractivity contribution >= 4 is 9.84 Å². The minimum Gasteiger partial charge on any atom is -0.224 e. The van der Waals surface area contributed by atoms with E-state index in [0.717, 1.165) is 36.0 Å². The average Bonchev–Trinajstić information content (AvgIpc) is 3.05. The summed E-state index contributed by atoms with van der Waals surface area (Å²) < 4.78 is 24.1. The maximum absolute atomic E-state index is 12.1. The summed E-state index contributed by atoms with van der Waals surface area (Å²) in [6.45, 7) is 3.51. The second-order valence-electron chi connectivity index (χ2n) is 6.68. The Balaban J connectivity index is 1.70. The fraction of sp³-hybridized carbons (Fsp3) is 0.857. The standard InChI is InChI=1S/C14H20O2S/c1-2-17(15,16)12-7-10-6-11(12)14-9-4-3-8(5-9)13(10)14/h2,8-14H,1,3-7H2. The van der Waals surface area contributed by atoms with Crippen LogP contribution in [0.5, 0.6) is 0 Å². The van der Waals surface area contributed by atoms with Gasteiger partial charge in [-0.3, -0.25) is 0 Å². The fourth-order valence-electron chi connectivity index (χ4n) is 6.01. The summed E-state index contributed by atoms with van der Waals surface area (Å²) in [4.78, 5) is 0. The Morgan fingerprint density at radius 3 is 2.35 bits per heavy atom. The predicted molar refractivity (Wildman–Crippen MR) is 66.9 cm³/mol. The number of sulfone groups is 1. The molecule has 4 bridgehead atoms. The lowest BCUT2D eigenvalue weighted by molar-refractivity contribution is 0.148. The summed E-state index contributed by atoms with van der Waals surface area (Å²) in [7, 11) is -3.02. The molecule has 0 aromatic rings. The molecule has 94 valence electrons. The van der Waals surface area contributed by atoms with Gasteiger partial charge in [-0.15, -0.1) is 0 Å². The molecule has 17 heavy (non-hydrogen) atoms. The van der Waals surface area contributed by atoms with Crippen LogP contribution in [0.15, 0.2) is 12.0 Å². The Morgan fingerprint density at radius 1 is 0.941 bits per heavy atom.